The maximum absolute atomic E-state index is 4.60. The second-order valence-corrected chi connectivity index (χ2v) is 5.22. The van der Waals surface area contributed by atoms with Crippen molar-refractivity contribution in [3.05, 3.63) is 11.9 Å². The summed E-state index contributed by atoms with van der Waals surface area (Å²) in [5, 5.41) is 3.10. The van der Waals surface area contributed by atoms with Gasteiger partial charge in [0.05, 0.1) is 0 Å². The van der Waals surface area contributed by atoms with Crippen LogP contribution in [0.1, 0.15) is 39.9 Å². The Hall–Kier alpha value is -1.32. The van der Waals surface area contributed by atoms with Gasteiger partial charge in [-0.2, -0.15) is 0 Å². The van der Waals surface area contributed by atoms with Crippen LogP contribution in [0, 0.1) is 5.92 Å². The maximum Gasteiger partial charge on any atom is 0.134 e. The number of aryl methyl sites for hydroxylation is 1. The van der Waals surface area contributed by atoms with Crippen molar-refractivity contribution in [2.24, 2.45) is 5.92 Å². The molecule has 4 nitrogen and oxygen atoms in total. The van der Waals surface area contributed by atoms with Gasteiger partial charge in [-0.15, -0.1) is 0 Å². The van der Waals surface area contributed by atoms with E-state index in [-0.39, 0.29) is 0 Å². The van der Waals surface area contributed by atoms with Crippen molar-refractivity contribution < 1.29 is 0 Å². The number of aromatic nitrogens is 2. The van der Waals surface area contributed by atoms with Gasteiger partial charge in [0.2, 0.25) is 0 Å². The Balaban J connectivity index is 2.93. The highest BCUT2D eigenvalue weighted by Gasteiger charge is 2.14. The van der Waals surface area contributed by atoms with Crippen LogP contribution in [0.5, 0.6) is 0 Å². The first kappa shape index (κ1) is 14.7. The Kier molecular flexibility index (Phi) is 5.38. The van der Waals surface area contributed by atoms with Crippen molar-refractivity contribution in [3.63, 3.8) is 0 Å². The van der Waals surface area contributed by atoms with Crippen LogP contribution >= 0.6 is 0 Å². The molecule has 0 spiro atoms. The molecule has 0 saturated carbocycles. The monoisotopic (exact) mass is 250 g/mol. The third-order valence-electron chi connectivity index (χ3n) is 3.17. The molecule has 0 amide bonds. The van der Waals surface area contributed by atoms with E-state index in [1.165, 1.54) is 0 Å². The molecular weight excluding hydrogens is 224 g/mol. The van der Waals surface area contributed by atoms with Crippen molar-refractivity contribution in [3.8, 4) is 0 Å². The van der Waals surface area contributed by atoms with E-state index in [9.17, 15) is 0 Å². The molecule has 0 saturated heterocycles. The molecule has 1 atom stereocenters. The van der Waals surface area contributed by atoms with Gasteiger partial charge < -0.3 is 10.2 Å². The topological polar surface area (TPSA) is 41.1 Å². The molecule has 1 unspecified atom stereocenters. The summed E-state index contributed by atoms with van der Waals surface area (Å²) in [4.78, 5) is 11.3. The molecule has 1 rings (SSSR count). The van der Waals surface area contributed by atoms with Crippen LogP contribution < -0.4 is 10.2 Å². The van der Waals surface area contributed by atoms with E-state index in [4.69, 9.17) is 0 Å². The predicted octanol–water partition coefficient (Wildman–Crippen LogP) is 2.95. The molecule has 1 heterocycles. The van der Waals surface area contributed by atoms with Crippen molar-refractivity contribution in [1.29, 1.82) is 0 Å². The van der Waals surface area contributed by atoms with Crippen LogP contribution in [-0.2, 0) is 6.42 Å². The Morgan fingerprint density at radius 1 is 1.28 bits per heavy atom. The summed E-state index contributed by atoms with van der Waals surface area (Å²) >= 11 is 0. The Morgan fingerprint density at radius 3 is 2.44 bits per heavy atom. The van der Waals surface area contributed by atoms with E-state index in [0.717, 1.165) is 30.3 Å². The minimum atomic E-state index is 0.481. The van der Waals surface area contributed by atoms with Gasteiger partial charge in [-0.25, -0.2) is 9.97 Å². The zero-order valence-electron chi connectivity index (χ0n) is 12.5. The number of nitrogens with one attached hydrogen (secondary N) is 1. The van der Waals surface area contributed by atoms with E-state index in [2.05, 4.69) is 54.9 Å². The number of hydrogen-bond acceptors (Lipinski definition) is 4. The lowest BCUT2D eigenvalue weighted by Crippen LogP contribution is -2.31. The average Bonchev–Trinajstić information content (AvgIpc) is 2.36. The number of nitrogens with zero attached hydrogens (tertiary/aromatic N) is 3. The smallest absolute Gasteiger partial charge is 0.134 e. The average molecular weight is 250 g/mol. The van der Waals surface area contributed by atoms with E-state index in [1.54, 1.807) is 0 Å². The fourth-order valence-corrected chi connectivity index (χ4v) is 2.02. The third kappa shape index (κ3) is 3.86. The Labute approximate surface area is 111 Å². The van der Waals surface area contributed by atoms with Gasteiger partial charge in [-0.3, -0.25) is 0 Å². The molecule has 0 fully saturated rings. The molecule has 0 radical (unpaired) electrons. The molecule has 1 N–H and O–H groups in total. The van der Waals surface area contributed by atoms with Crippen LogP contribution in [0.4, 0.5) is 11.6 Å². The molecule has 18 heavy (non-hydrogen) atoms. The van der Waals surface area contributed by atoms with Gasteiger partial charge in [-0.05, 0) is 19.3 Å². The van der Waals surface area contributed by atoms with E-state index in [1.807, 2.05) is 13.1 Å². The molecule has 0 aliphatic carbocycles. The van der Waals surface area contributed by atoms with E-state index in [0.29, 0.717) is 12.0 Å². The van der Waals surface area contributed by atoms with Crippen LogP contribution in [0.15, 0.2) is 6.07 Å². The van der Waals surface area contributed by atoms with Gasteiger partial charge in [0.15, 0.2) is 0 Å². The van der Waals surface area contributed by atoms with Gasteiger partial charge in [0.1, 0.15) is 17.5 Å². The summed E-state index contributed by atoms with van der Waals surface area (Å²) in [6.07, 6.45) is 2.02. The van der Waals surface area contributed by atoms with Gasteiger partial charge >= 0.3 is 0 Å². The Bertz CT molecular complexity index is 354. The molecule has 0 bridgehead atoms. The maximum atomic E-state index is 4.60. The summed E-state index contributed by atoms with van der Waals surface area (Å²) in [6.45, 7) is 8.82. The van der Waals surface area contributed by atoms with E-state index >= 15 is 0 Å². The van der Waals surface area contributed by atoms with Gasteiger partial charge in [-0.1, -0.05) is 20.8 Å². The Morgan fingerprint density at radius 2 is 1.94 bits per heavy atom. The summed E-state index contributed by atoms with van der Waals surface area (Å²) in [6, 6.07) is 2.49. The molecule has 1 aromatic heterocycles. The fraction of sp³-hybridized carbons (Fsp3) is 0.714. The van der Waals surface area contributed by atoms with Crippen molar-refractivity contribution in [2.45, 2.75) is 46.6 Å². The molecular formula is C14H26N4. The molecule has 0 aromatic carbocycles. The van der Waals surface area contributed by atoms with Crippen LogP contribution in [-0.4, -0.2) is 30.1 Å². The summed E-state index contributed by atoms with van der Waals surface area (Å²) in [7, 11) is 4.00. The highest BCUT2D eigenvalue weighted by molar-refractivity contribution is 5.49. The minimum absolute atomic E-state index is 0.481. The standard InChI is InChI=1S/C14H26N4/c1-7-12-16-13(15-5)9-14(17-12)18(6)11(4)8-10(2)3/h9-11H,7-8H2,1-6H3,(H,15,16,17). The van der Waals surface area contributed by atoms with Gasteiger partial charge in [0, 0.05) is 32.6 Å². The van der Waals surface area contributed by atoms with Crippen LogP contribution in [0.3, 0.4) is 0 Å². The quantitative estimate of drug-likeness (QED) is 0.843. The van der Waals surface area contributed by atoms with Crippen LogP contribution in [0.25, 0.3) is 0 Å². The van der Waals surface area contributed by atoms with Gasteiger partial charge in [0.25, 0.3) is 0 Å². The van der Waals surface area contributed by atoms with Crippen LogP contribution in [0.2, 0.25) is 0 Å². The molecule has 102 valence electrons. The highest BCUT2D eigenvalue weighted by atomic mass is 15.2. The first-order chi connectivity index (χ1) is 8.47. The second-order valence-electron chi connectivity index (χ2n) is 5.22. The third-order valence-corrected chi connectivity index (χ3v) is 3.17. The molecule has 0 aliphatic heterocycles. The normalized spacial score (nSPS) is 12.6. The zero-order valence-corrected chi connectivity index (χ0v) is 12.5. The van der Waals surface area contributed by atoms with Crippen molar-refractivity contribution in [2.75, 3.05) is 24.3 Å². The number of anilines is 2. The lowest BCUT2D eigenvalue weighted by atomic mass is 10.0. The summed E-state index contributed by atoms with van der Waals surface area (Å²) < 4.78 is 0. The largest absolute Gasteiger partial charge is 0.373 e. The van der Waals surface area contributed by atoms with Crippen molar-refractivity contribution >= 4 is 11.6 Å². The van der Waals surface area contributed by atoms with E-state index < -0.39 is 0 Å². The first-order valence-electron chi connectivity index (χ1n) is 6.76. The number of rotatable bonds is 6. The predicted molar refractivity (Wildman–Crippen MR) is 78.3 cm³/mol. The summed E-state index contributed by atoms with van der Waals surface area (Å²) in [5.41, 5.74) is 0. The molecule has 1 aromatic rings. The lowest BCUT2D eigenvalue weighted by Gasteiger charge is -2.27. The highest BCUT2D eigenvalue weighted by Crippen LogP contribution is 2.19. The molecule has 4 heteroatoms. The van der Waals surface area contributed by atoms with Crippen molar-refractivity contribution in [1.82, 2.24) is 9.97 Å². The minimum Gasteiger partial charge on any atom is -0.373 e. The first-order valence-corrected chi connectivity index (χ1v) is 6.76. The summed E-state index contributed by atoms with van der Waals surface area (Å²) in [5.74, 6) is 3.47. The SMILES string of the molecule is CCc1nc(NC)cc(N(C)C(C)CC(C)C)n1. The zero-order chi connectivity index (χ0) is 13.7. The lowest BCUT2D eigenvalue weighted by molar-refractivity contribution is 0.501. The second kappa shape index (κ2) is 6.57. The molecule has 0 aliphatic rings. The fourth-order valence-electron chi connectivity index (χ4n) is 2.02. The number of hydrogen-bond donors (Lipinski definition) is 1.